The van der Waals surface area contributed by atoms with Gasteiger partial charge in [-0.15, -0.1) is 0 Å². The second-order valence-corrected chi connectivity index (χ2v) is 6.70. The van der Waals surface area contributed by atoms with Crippen LogP contribution < -0.4 is 10.6 Å². The largest absolute Gasteiger partial charge is 0.394 e. The third-order valence-electron chi connectivity index (χ3n) is 3.47. The smallest absolute Gasteiger partial charge is 0.225 e. The molecule has 0 aliphatic rings. The summed E-state index contributed by atoms with van der Waals surface area (Å²) in [5.41, 5.74) is 2.62. The van der Waals surface area contributed by atoms with Gasteiger partial charge in [-0.25, -0.2) is 4.98 Å². The van der Waals surface area contributed by atoms with Gasteiger partial charge in [0.25, 0.3) is 0 Å². The highest BCUT2D eigenvalue weighted by Crippen LogP contribution is 2.25. The van der Waals surface area contributed by atoms with Gasteiger partial charge in [0.05, 0.1) is 18.0 Å². The third kappa shape index (κ3) is 4.64. The van der Waals surface area contributed by atoms with E-state index in [2.05, 4.69) is 48.2 Å². The number of rotatable bonds is 6. The van der Waals surface area contributed by atoms with Gasteiger partial charge in [-0.3, -0.25) is 4.98 Å². The first-order chi connectivity index (χ1) is 12.2. The van der Waals surface area contributed by atoms with Crippen LogP contribution in [0.15, 0.2) is 54.9 Å². The molecule has 3 aromatic rings. The number of aromatic nitrogens is 3. The van der Waals surface area contributed by atoms with E-state index in [0.29, 0.717) is 11.8 Å². The van der Waals surface area contributed by atoms with Crippen molar-refractivity contribution in [1.29, 1.82) is 0 Å². The molecule has 0 fully saturated rings. The van der Waals surface area contributed by atoms with Crippen LogP contribution in [0.5, 0.6) is 0 Å². The summed E-state index contributed by atoms with van der Waals surface area (Å²) in [4.78, 5) is 13.2. The molecule has 0 bridgehead atoms. The van der Waals surface area contributed by atoms with Crippen molar-refractivity contribution in [2.24, 2.45) is 0 Å². The normalized spacial score (nSPS) is 11.8. The maximum absolute atomic E-state index is 9.28. The molecule has 7 heteroatoms. The summed E-state index contributed by atoms with van der Waals surface area (Å²) in [5, 5.41) is 15.7. The van der Waals surface area contributed by atoms with E-state index in [1.807, 2.05) is 49.4 Å². The van der Waals surface area contributed by atoms with Crippen molar-refractivity contribution in [3.8, 4) is 11.3 Å². The van der Waals surface area contributed by atoms with Crippen LogP contribution in [0.1, 0.15) is 6.92 Å². The molecule has 0 unspecified atom stereocenters. The van der Waals surface area contributed by atoms with Crippen LogP contribution in [0.25, 0.3) is 11.3 Å². The Morgan fingerprint density at radius 2 is 2.00 bits per heavy atom. The number of pyridine rings is 1. The first-order valence-corrected chi connectivity index (χ1v) is 8.92. The van der Waals surface area contributed by atoms with Gasteiger partial charge in [-0.05, 0) is 53.8 Å². The number of nitrogens with one attached hydrogen (secondary N) is 2. The topological polar surface area (TPSA) is 83.0 Å². The molecule has 25 heavy (non-hydrogen) atoms. The first kappa shape index (κ1) is 17.6. The Bertz CT molecular complexity index is 844. The maximum Gasteiger partial charge on any atom is 0.225 e. The van der Waals surface area contributed by atoms with Crippen molar-refractivity contribution in [3.05, 3.63) is 58.4 Å². The Kier molecular flexibility index (Phi) is 5.77. The maximum atomic E-state index is 9.28. The van der Waals surface area contributed by atoms with Crippen molar-refractivity contribution in [3.63, 3.8) is 0 Å². The van der Waals surface area contributed by atoms with Crippen LogP contribution >= 0.6 is 22.6 Å². The molecular formula is C18H18IN5O. The Hall–Kier alpha value is -2.26. The Labute approximate surface area is 159 Å². The first-order valence-electron chi connectivity index (χ1n) is 7.84. The van der Waals surface area contributed by atoms with E-state index in [1.54, 1.807) is 12.4 Å². The molecule has 0 saturated carbocycles. The molecule has 0 amide bonds. The van der Waals surface area contributed by atoms with Crippen LogP contribution in [0, 0.1) is 3.57 Å². The van der Waals surface area contributed by atoms with Gasteiger partial charge in [0, 0.05) is 33.6 Å². The lowest BCUT2D eigenvalue weighted by molar-refractivity contribution is 0.281. The minimum absolute atomic E-state index is 0.000173. The molecular weight excluding hydrogens is 429 g/mol. The fraction of sp³-hybridized carbons (Fsp3) is 0.167. The Morgan fingerprint density at radius 3 is 2.72 bits per heavy atom. The number of hydrogen-bond donors (Lipinski definition) is 3. The molecule has 6 nitrogen and oxygen atoms in total. The predicted octanol–water partition coefficient (Wildman–Crippen LogP) is 3.68. The van der Waals surface area contributed by atoms with Crippen molar-refractivity contribution in [2.75, 3.05) is 17.2 Å². The lowest BCUT2D eigenvalue weighted by Gasteiger charge is -2.14. The van der Waals surface area contributed by atoms with E-state index in [0.717, 1.165) is 20.5 Å². The van der Waals surface area contributed by atoms with Crippen molar-refractivity contribution in [1.82, 2.24) is 15.0 Å². The average Bonchev–Trinajstić information content (AvgIpc) is 2.64. The number of hydrogen-bond acceptors (Lipinski definition) is 6. The van der Waals surface area contributed by atoms with Gasteiger partial charge in [0.15, 0.2) is 0 Å². The van der Waals surface area contributed by atoms with Crippen molar-refractivity contribution < 1.29 is 5.11 Å². The minimum atomic E-state index is -0.145. The van der Waals surface area contributed by atoms with E-state index in [1.165, 1.54) is 0 Å². The molecule has 0 radical (unpaired) electrons. The molecule has 0 spiro atoms. The second-order valence-electron chi connectivity index (χ2n) is 5.54. The summed E-state index contributed by atoms with van der Waals surface area (Å²) in [6, 6.07) is 13.5. The third-order valence-corrected chi connectivity index (χ3v) is 4.41. The zero-order chi connectivity index (χ0) is 17.6. The Balaban J connectivity index is 1.99. The van der Waals surface area contributed by atoms with E-state index < -0.39 is 0 Å². The fourth-order valence-corrected chi connectivity index (χ4v) is 2.73. The molecule has 0 aliphatic heterocycles. The molecule has 0 aliphatic carbocycles. The molecule has 0 saturated heterocycles. The molecule has 1 atom stereocenters. The van der Waals surface area contributed by atoms with Gasteiger partial charge in [-0.2, -0.15) is 4.98 Å². The Morgan fingerprint density at radius 1 is 1.16 bits per heavy atom. The van der Waals surface area contributed by atoms with Crippen LogP contribution in [-0.4, -0.2) is 32.7 Å². The quantitative estimate of drug-likeness (QED) is 0.501. The summed E-state index contributed by atoms with van der Waals surface area (Å²) in [6.07, 6.45) is 3.49. The summed E-state index contributed by atoms with van der Waals surface area (Å²) < 4.78 is 1.10. The fourth-order valence-electron chi connectivity index (χ4n) is 2.20. The van der Waals surface area contributed by atoms with E-state index in [9.17, 15) is 5.11 Å². The van der Waals surface area contributed by atoms with Gasteiger partial charge >= 0.3 is 0 Å². The lowest BCUT2D eigenvalue weighted by atomic mass is 10.2. The second kappa shape index (κ2) is 8.21. The van der Waals surface area contributed by atoms with Gasteiger partial charge in [0.2, 0.25) is 5.95 Å². The zero-order valence-corrected chi connectivity index (χ0v) is 15.8. The zero-order valence-electron chi connectivity index (χ0n) is 13.6. The van der Waals surface area contributed by atoms with Gasteiger partial charge in [0.1, 0.15) is 5.82 Å². The predicted molar refractivity (Wildman–Crippen MR) is 108 cm³/mol. The molecule has 3 N–H and O–H groups in total. The highest BCUT2D eigenvalue weighted by atomic mass is 127. The van der Waals surface area contributed by atoms with E-state index in [-0.39, 0.29) is 12.6 Å². The summed E-state index contributed by atoms with van der Waals surface area (Å²) in [5.74, 6) is 1.13. The van der Waals surface area contributed by atoms with Gasteiger partial charge < -0.3 is 15.7 Å². The average molecular weight is 447 g/mol. The van der Waals surface area contributed by atoms with Crippen molar-refractivity contribution >= 4 is 40.0 Å². The standard InChI is InChI=1S/C18H18IN5O/c1-12(11-25)21-18-23-16(13-5-4-8-20-10-13)9-17(24-18)22-15-7-3-2-6-14(15)19/h2-10,12,25H,11H2,1H3,(H2,21,22,23,24)/t12-/m1/s1. The van der Waals surface area contributed by atoms with E-state index in [4.69, 9.17) is 0 Å². The number of aliphatic hydroxyl groups excluding tert-OH is 1. The summed E-state index contributed by atoms with van der Waals surface area (Å²) in [6.45, 7) is 1.87. The number of nitrogens with zero attached hydrogens (tertiary/aromatic N) is 3. The van der Waals surface area contributed by atoms with Crippen LogP contribution in [0.3, 0.4) is 0 Å². The highest BCUT2D eigenvalue weighted by Gasteiger charge is 2.10. The number of anilines is 3. The summed E-state index contributed by atoms with van der Waals surface area (Å²) in [7, 11) is 0. The molecule has 2 aromatic heterocycles. The molecule has 2 heterocycles. The van der Waals surface area contributed by atoms with Crippen LogP contribution in [0.2, 0.25) is 0 Å². The number of aliphatic hydroxyl groups is 1. The van der Waals surface area contributed by atoms with Gasteiger partial charge in [-0.1, -0.05) is 12.1 Å². The number of para-hydroxylation sites is 1. The van der Waals surface area contributed by atoms with Crippen LogP contribution in [-0.2, 0) is 0 Å². The monoisotopic (exact) mass is 447 g/mol. The molecule has 128 valence electrons. The SMILES string of the molecule is C[C@H](CO)Nc1nc(Nc2ccccc2I)cc(-c2cccnc2)n1. The van der Waals surface area contributed by atoms with Crippen LogP contribution in [0.4, 0.5) is 17.5 Å². The lowest BCUT2D eigenvalue weighted by Crippen LogP contribution is -2.21. The molecule has 1 aromatic carbocycles. The minimum Gasteiger partial charge on any atom is -0.394 e. The van der Waals surface area contributed by atoms with Crippen molar-refractivity contribution in [2.45, 2.75) is 13.0 Å². The number of halogens is 1. The highest BCUT2D eigenvalue weighted by molar-refractivity contribution is 14.1. The molecule has 3 rings (SSSR count). The summed E-state index contributed by atoms with van der Waals surface area (Å²) >= 11 is 2.28. The van der Waals surface area contributed by atoms with E-state index >= 15 is 0 Å². The number of benzene rings is 1.